The molecule has 2 N–H and O–H groups in total. The molecular formula is C16H18N6O4. The zero-order valence-electron chi connectivity index (χ0n) is 14.1. The molecule has 0 saturated carbocycles. The molecule has 2 aromatic rings. The quantitative estimate of drug-likeness (QED) is 0.787. The Morgan fingerprint density at radius 3 is 2.69 bits per heavy atom. The molecule has 0 spiro atoms. The Labute approximate surface area is 148 Å². The first-order valence-corrected chi connectivity index (χ1v) is 8.20. The lowest BCUT2D eigenvalue weighted by Crippen LogP contribution is -2.53. The molecule has 10 nitrogen and oxygen atoms in total. The van der Waals surface area contributed by atoms with E-state index in [0.717, 1.165) is 18.8 Å². The summed E-state index contributed by atoms with van der Waals surface area (Å²) < 4.78 is 1.72. The number of rotatable bonds is 5. The molecule has 10 heteroatoms. The Hall–Kier alpha value is -3.30. The number of carbonyl (C=O) groups is 3. The van der Waals surface area contributed by atoms with Crippen molar-refractivity contribution in [2.24, 2.45) is 0 Å². The summed E-state index contributed by atoms with van der Waals surface area (Å²) in [7, 11) is 0. The molecule has 136 valence electrons. The van der Waals surface area contributed by atoms with Crippen molar-refractivity contribution < 1.29 is 19.5 Å². The fourth-order valence-corrected chi connectivity index (χ4v) is 2.82. The van der Waals surface area contributed by atoms with Gasteiger partial charge in [0.1, 0.15) is 17.6 Å². The summed E-state index contributed by atoms with van der Waals surface area (Å²) in [5.41, 5.74) is -0.298. The lowest BCUT2D eigenvalue weighted by Gasteiger charge is -2.32. The highest BCUT2D eigenvalue weighted by Crippen LogP contribution is 2.21. The van der Waals surface area contributed by atoms with Crippen LogP contribution in [0.4, 0.5) is 5.82 Å². The van der Waals surface area contributed by atoms with Crippen molar-refractivity contribution in [2.45, 2.75) is 32.4 Å². The topological polar surface area (TPSA) is 130 Å². The number of aromatic nitrogens is 4. The van der Waals surface area contributed by atoms with Gasteiger partial charge in [-0.25, -0.2) is 19.4 Å². The molecule has 0 radical (unpaired) electrons. The van der Waals surface area contributed by atoms with Gasteiger partial charge in [-0.1, -0.05) is 0 Å². The van der Waals surface area contributed by atoms with E-state index < -0.39 is 17.9 Å². The van der Waals surface area contributed by atoms with Crippen molar-refractivity contribution in [3.63, 3.8) is 0 Å². The summed E-state index contributed by atoms with van der Waals surface area (Å²) >= 11 is 0. The SMILES string of the molecule is CCn1nccc1N1CCCC(NC(=O)c2cnc(C(=O)O)cn2)C1=O. The Balaban J connectivity index is 1.72. The van der Waals surface area contributed by atoms with E-state index >= 15 is 0 Å². The summed E-state index contributed by atoms with van der Waals surface area (Å²) in [6.45, 7) is 3.13. The Kier molecular flexibility index (Phi) is 4.92. The van der Waals surface area contributed by atoms with Crippen LogP contribution in [0, 0.1) is 0 Å². The molecular weight excluding hydrogens is 340 g/mol. The Bertz CT molecular complexity index is 832. The molecule has 1 fully saturated rings. The van der Waals surface area contributed by atoms with Gasteiger partial charge in [-0.05, 0) is 19.8 Å². The molecule has 3 heterocycles. The van der Waals surface area contributed by atoms with Crippen molar-refractivity contribution in [3.05, 3.63) is 36.0 Å². The molecule has 1 aliphatic heterocycles. The maximum Gasteiger partial charge on any atom is 0.356 e. The second-order valence-corrected chi connectivity index (χ2v) is 5.76. The fourth-order valence-electron chi connectivity index (χ4n) is 2.82. The number of anilines is 1. The third-order valence-electron chi connectivity index (χ3n) is 4.12. The normalized spacial score (nSPS) is 17.2. The maximum absolute atomic E-state index is 12.8. The van der Waals surface area contributed by atoms with E-state index in [1.165, 1.54) is 0 Å². The van der Waals surface area contributed by atoms with Gasteiger partial charge in [0.25, 0.3) is 11.8 Å². The third kappa shape index (κ3) is 3.39. The minimum absolute atomic E-state index is 0.0430. The zero-order chi connectivity index (χ0) is 18.7. The van der Waals surface area contributed by atoms with Gasteiger partial charge in [0, 0.05) is 19.2 Å². The number of aryl methyl sites for hydroxylation is 1. The van der Waals surface area contributed by atoms with Gasteiger partial charge in [0.05, 0.1) is 18.6 Å². The van der Waals surface area contributed by atoms with Crippen molar-refractivity contribution in [2.75, 3.05) is 11.4 Å². The number of nitrogens with zero attached hydrogens (tertiary/aromatic N) is 5. The standard InChI is InChI=1S/C16H18N6O4/c1-2-22-13(5-6-19-22)21-7-3-4-10(15(21)24)20-14(23)11-8-18-12(9-17-11)16(25)26/h5-6,8-10H,2-4,7H2,1H3,(H,20,23)(H,25,26). The van der Waals surface area contributed by atoms with E-state index in [1.807, 2.05) is 6.92 Å². The molecule has 0 aromatic carbocycles. The second-order valence-electron chi connectivity index (χ2n) is 5.76. The van der Waals surface area contributed by atoms with Crippen LogP contribution in [-0.4, -0.2) is 55.2 Å². The van der Waals surface area contributed by atoms with Gasteiger partial charge in [-0.2, -0.15) is 5.10 Å². The van der Waals surface area contributed by atoms with Crippen LogP contribution in [0.25, 0.3) is 0 Å². The number of hydrogen-bond acceptors (Lipinski definition) is 6. The van der Waals surface area contributed by atoms with Gasteiger partial charge in [0.2, 0.25) is 0 Å². The first-order chi connectivity index (χ1) is 12.5. The lowest BCUT2D eigenvalue weighted by molar-refractivity contribution is -0.121. The number of amides is 2. The first-order valence-electron chi connectivity index (χ1n) is 8.20. The number of carbonyl (C=O) groups excluding carboxylic acids is 2. The molecule has 2 amide bonds. The van der Waals surface area contributed by atoms with Crippen LogP contribution in [0.1, 0.15) is 40.7 Å². The maximum atomic E-state index is 12.8. The van der Waals surface area contributed by atoms with E-state index in [2.05, 4.69) is 20.4 Å². The summed E-state index contributed by atoms with van der Waals surface area (Å²) in [5, 5.41) is 15.6. The van der Waals surface area contributed by atoms with Crippen LogP contribution >= 0.6 is 0 Å². The summed E-state index contributed by atoms with van der Waals surface area (Å²) in [4.78, 5) is 44.9. The van der Waals surface area contributed by atoms with Crippen molar-refractivity contribution in [1.29, 1.82) is 0 Å². The highest BCUT2D eigenvalue weighted by molar-refractivity contribution is 6.01. The second kappa shape index (κ2) is 7.30. The molecule has 2 aromatic heterocycles. The average Bonchev–Trinajstić information content (AvgIpc) is 3.12. The monoisotopic (exact) mass is 358 g/mol. The highest BCUT2D eigenvalue weighted by Gasteiger charge is 2.32. The van der Waals surface area contributed by atoms with Gasteiger partial charge < -0.3 is 10.4 Å². The minimum atomic E-state index is -1.23. The van der Waals surface area contributed by atoms with Crippen LogP contribution in [0.3, 0.4) is 0 Å². The fraction of sp³-hybridized carbons (Fsp3) is 0.375. The lowest BCUT2D eigenvalue weighted by atomic mass is 10.0. The van der Waals surface area contributed by atoms with Crippen LogP contribution in [0.15, 0.2) is 24.7 Å². The molecule has 1 aliphatic rings. The van der Waals surface area contributed by atoms with E-state index in [-0.39, 0.29) is 17.3 Å². The van der Waals surface area contributed by atoms with Crippen LogP contribution in [-0.2, 0) is 11.3 Å². The van der Waals surface area contributed by atoms with Gasteiger partial charge in [-0.15, -0.1) is 0 Å². The molecule has 3 rings (SSSR count). The van der Waals surface area contributed by atoms with Crippen molar-refractivity contribution >= 4 is 23.6 Å². The highest BCUT2D eigenvalue weighted by atomic mass is 16.4. The number of piperidine rings is 1. The van der Waals surface area contributed by atoms with Crippen LogP contribution < -0.4 is 10.2 Å². The molecule has 1 atom stereocenters. The largest absolute Gasteiger partial charge is 0.476 e. The van der Waals surface area contributed by atoms with Crippen molar-refractivity contribution in [3.8, 4) is 0 Å². The predicted octanol–water partition coefficient (Wildman–Crippen LogP) is 0.317. The van der Waals surface area contributed by atoms with E-state index in [0.29, 0.717) is 25.3 Å². The Morgan fingerprint density at radius 1 is 1.31 bits per heavy atom. The summed E-state index contributed by atoms with van der Waals surface area (Å²) in [5.74, 6) is -1.31. The zero-order valence-corrected chi connectivity index (χ0v) is 14.1. The summed E-state index contributed by atoms with van der Waals surface area (Å²) in [6.07, 6.45) is 4.97. The van der Waals surface area contributed by atoms with E-state index in [9.17, 15) is 14.4 Å². The van der Waals surface area contributed by atoms with E-state index in [4.69, 9.17) is 5.11 Å². The van der Waals surface area contributed by atoms with Gasteiger partial charge in [-0.3, -0.25) is 14.5 Å². The molecule has 1 unspecified atom stereocenters. The smallest absolute Gasteiger partial charge is 0.356 e. The number of hydrogen-bond donors (Lipinski definition) is 2. The van der Waals surface area contributed by atoms with Gasteiger partial charge in [0.15, 0.2) is 5.69 Å². The number of nitrogens with one attached hydrogen (secondary N) is 1. The van der Waals surface area contributed by atoms with Crippen LogP contribution in [0.2, 0.25) is 0 Å². The number of aromatic carboxylic acids is 1. The first kappa shape index (κ1) is 17.5. The van der Waals surface area contributed by atoms with E-state index in [1.54, 1.807) is 21.8 Å². The van der Waals surface area contributed by atoms with Gasteiger partial charge >= 0.3 is 5.97 Å². The minimum Gasteiger partial charge on any atom is -0.476 e. The third-order valence-corrected chi connectivity index (χ3v) is 4.12. The molecule has 0 bridgehead atoms. The van der Waals surface area contributed by atoms with Crippen LogP contribution in [0.5, 0.6) is 0 Å². The number of carboxylic acids is 1. The average molecular weight is 358 g/mol. The molecule has 1 saturated heterocycles. The predicted molar refractivity (Wildman–Crippen MR) is 89.7 cm³/mol. The summed E-state index contributed by atoms with van der Waals surface area (Å²) in [6, 6.07) is 1.08. The molecule has 0 aliphatic carbocycles. The van der Waals surface area contributed by atoms with Crippen molar-refractivity contribution in [1.82, 2.24) is 25.1 Å². The molecule has 26 heavy (non-hydrogen) atoms. The Morgan fingerprint density at radius 2 is 2.04 bits per heavy atom. The number of carboxylic acid groups (broad SMARTS) is 1.